The predicted molar refractivity (Wildman–Crippen MR) is 43.0 cm³/mol. The van der Waals surface area contributed by atoms with Gasteiger partial charge in [-0.05, 0) is 22.9 Å². The molecule has 4 nitrogen and oxygen atoms in total. The van der Waals surface area contributed by atoms with Gasteiger partial charge >= 0.3 is 0 Å². The first-order chi connectivity index (χ1) is 5.11. The van der Waals surface area contributed by atoms with E-state index < -0.39 is 5.91 Å². The molecular formula is C6H6BrN3O. The summed E-state index contributed by atoms with van der Waals surface area (Å²) in [4.78, 5) is 18.3. The third-order valence-corrected chi connectivity index (χ3v) is 1.90. The minimum Gasteiger partial charge on any atom is -0.364 e. The maximum Gasteiger partial charge on any atom is 0.268 e. The second kappa shape index (κ2) is 2.96. The van der Waals surface area contributed by atoms with E-state index in [0.29, 0.717) is 4.60 Å². The van der Waals surface area contributed by atoms with E-state index in [1.165, 1.54) is 6.20 Å². The predicted octanol–water partition coefficient (Wildman–Crippen LogP) is 0.646. The molecule has 1 heterocycles. The topological polar surface area (TPSA) is 68.9 Å². The molecule has 0 spiro atoms. The lowest BCUT2D eigenvalue weighted by atomic mass is 10.4. The second-order valence-electron chi connectivity index (χ2n) is 2.00. The van der Waals surface area contributed by atoms with Crippen molar-refractivity contribution in [2.75, 3.05) is 0 Å². The highest BCUT2D eigenvalue weighted by Crippen LogP contribution is 2.09. The number of nitrogens with two attached hydrogens (primary N) is 1. The molecule has 1 rings (SSSR count). The van der Waals surface area contributed by atoms with E-state index in [0.717, 1.165) is 5.69 Å². The Labute approximate surface area is 72.0 Å². The highest BCUT2D eigenvalue weighted by atomic mass is 79.9. The van der Waals surface area contributed by atoms with E-state index in [1.807, 2.05) is 0 Å². The van der Waals surface area contributed by atoms with Gasteiger partial charge in [0.2, 0.25) is 0 Å². The zero-order valence-corrected chi connectivity index (χ0v) is 7.42. The van der Waals surface area contributed by atoms with Crippen molar-refractivity contribution in [3.05, 3.63) is 22.2 Å². The third kappa shape index (κ3) is 1.74. The van der Waals surface area contributed by atoms with Crippen LogP contribution in [0.5, 0.6) is 0 Å². The largest absolute Gasteiger partial charge is 0.364 e. The normalized spacial score (nSPS) is 9.64. The van der Waals surface area contributed by atoms with Gasteiger partial charge in [-0.25, -0.2) is 4.98 Å². The number of hydrogen-bond donors (Lipinski definition) is 1. The van der Waals surface area contributed by atoms with Gasteiger partial charge in [-0.15, -0.1) is 0 Å². The molecule has 1 aromatic rings. The minimum absolute atomic E-state index is 0.169. The average molecular weight is 216 g/mol. The number of rotatable bonds is 1. The van der Waals surface area contributed by atoms with Gasteiger partial charge in [0, 0.05) is 0 Å². The number of carbonyl (C=O) groups is 1. The summed E-state index contributed by atoms with van der Waals surface area (Å²) >= 11 is 3.13. The van der Waals surface area contributed by atoms with E-state index in [9.17, 15) is 4.79 Å². The van der Waals surface area contributed by atoms with Crippen molar-refractivity contribution in [2.45, 2.75) is 6.92 Å². The number of nitrogens with zero attached hydrogens (tertiary/aromatic N) is 2. The molecule has 0 aliphatic rings. The van der Waals surface area contributed by atoms with Crippen LogP contribution < -0.4 is 5.73 Å². The van der Waals surface area contributed by atoms with Gasteiger partial charge < -0.3 is 5.73 Å². The van der Waals surface area contributed by atoms with E-state index in [2.05, 4.69) is 25.9 Å². The molecule has 0 bridgehead atoms. The van der Waals surface area contributed by atoms with Crippen molar-refractivity contribution in [1.29, 1.82) is 0 Å². The minimum atomic E-state index is -0.571. The van der Waals surface area contributed by atoms with Crippen LogP contribution in [0.1, 0.15) is 16.2 Å². The molecule has 5 heteroatoms. The molecule has 58 valence electrons. The Balaban J connectivity index is 3.15. The third-order valence-electron chi connectivity index (χ3n) is 1.15. The first-order valence-electron chi connectivity index (χ1n) is 2.90. The molecule has 0 saturated carbocycles. The molecule has 1 amide bonds. The summed E-state index contributed by atoms with van der Waals surface area (Å²) in [6, 6.07) is 0. The Morgan fingerprint density at radius 3 is 2.82 bits per heavy atom. The Morgan fingerprint density at radius 1 is 1.73 bits per heavy atom. The molecule has 0 aliphatic heterocycles. The Morgan fingerprint density at radius 2 is 2.36 bits per heavy atom. The highest BCUT2D eigenvalue weighted by Gasteiger charge is 2.04. The standard InChI is InChI=1S/C6H6BrN3O/c1-3-5(7)10-4(2-9-3)6(8)11/h2H,1H3,(H2,8,11). The van der Waals surface area contributed by atoms with Crippen LogP contribution in [-0.4, -0.2) is 15.9 Å². The number of aryl methyl sites for hydroxylation is 1. The maximum absolute atomic E-state index is 10.6. The molecule has 0 unspecified atom stereocenters. The van der Waals surface area contributed by atoms with Crippen LogP contribution in [0.2, 0.25) is 0 Å². The SMILES string of the molecule is Cc1ncc(C(N)=O)nc1Br. The highest BCUT2D eigenvalue weighted by molar-refractivity contribution is 9.10. The number of aromatic nitrogens is 2. The lowest BCUT2D eigenvalue weighted by Crippen LogP contribution is -2.13. The first-order valence-corrected chi connectivity index (χ1v) is 3.69. The molecule has 0 radical (unpaired) electrons. The summed E-state index contributed by atoms with van der Waals surface area (Å²) in [6.07, 6.45) is 1.35. The van der Waals surface area contributed by atoms with E-state index >= 15 is 0 Å². The molecule has 0 fully saturated rings. The van der Waals surface area contributed by atoms with E-state index in [-0.39, 0.29) is 5.69 Å². The molecular weight excluding hydrogens is 210 g/mol. The summed E-state index contributed by atoms with van der Waals surface area (Å²) in [5.41, 5.74) is 5.87. The fraction of sp³-hybridized carbons (Fsp3) is 0.167. The van der Waals surface area contributed by atoms with Crippen molar-refractivity contribution >= 4 is 21.8 Å². The molecule has 2 N–H and O–H groups in total. The number of halogens is 1. The van der Waals surface area contributed by atoms with Gasteiger partial charge in [0.25, 0.3) is 5.91 Å². The Kier molecular flexibility index (Phi) is 2.19. The summed E-state index contributed by atoms with van der Waals surface area (Å²) < 4.78 is 0.550. The molecule has 11 heavy (non-hydrogen) atoms. The summed E-state index contributed by atoms with van der Waals surface area (Å²) in [6.45, 7) is 1.78. The number of hydrogen-bond acceptors (Lipinski definition) is 3. The summed E-state index contributed by atoms with van der Waals surface area (Å²) in [5.74, 6) is -0.571. The lowest BCUT2D eigenvalue weighted by molar-refractivity contribution is 0.0995. The summed E-state index contributed by atoms with van der Waals surface area (Å²) in [7, 11) is 0. The van der Waals surface area contributed by atoms with Crippen molar-refractivity contribution in [3.63, 3.8) is 0 Å². The zero-order chi connectivity index (χ0) is 8.43. The van der Waals surface area contributed by atoms with E-state index in [4.69, 9.17) is 5.73 Å². The van der Waals surface area contributed by atoms with Crippen LogP contribution in [0.25, 0.3) is 0 Å². The smallest absolute Gasteiger partial charge is 0.268 e. The van der Waals surface area contributed by atoms with Gasteiger partial charge in [-0.3, -0.25) is 9.78 Å². The van der Waals surface area contributed by atoms with Gasteiger partial charge in [-0.2, -0.15) is 0 Å². The van der Waals surface area contributed by atoms with Crippen LogP contribution in [0.4, 0.5) is 0 Å². The quantitative estimate of drug-likeness (QED) is 0.748. The van der Waals surface area contributed by atoms with Crippen LogP contribution in [0, 0.1) is 6.92 Å². The first kappa shape index (κ1) is 8.13. The van der Waals surface area contributed by atoms with Crippen molar-refractivity contribution in [3.8, 4) is 0 Å². The average Bonchev–Trinajstić information content (AvgIpc) is 1.94. The molecule has 1 aromatic heterocycles. The van der Waals surface area contributed by atoms with Gasteiger partial charge in [0.1, 0.15) is 10.3 Å². The van der Waals surface area contributed by atoms with Gasteiger partial charge in [-0.1, -0.05) is 0 Å². The summed E-state index contributed by atoms with van der Waals surface area (Å²) in [5, 5.41) is 0. The Bertz CT molecular complexity index is 300. The number of amides is 1. The van der Waals surface area contributed by atoms with Crippen LogP contribution in [0.15, 0.2) is 10.8 Å². The van der Waals surface area contributed by atoms with Gasteiger partial charge in [0.15, 0.2) is 0 Å². The fourth-order valence-electron chi connectivity index (χ4n) is 0.545. The second-order valence-corrected chi connectivity index (χ2v) is 2.75. The molecule has 0 saturated heterocycles. The molecule has 0 aliphatic carbocycles. The maximum atomic E-state index is 10.6. The van der Waals surface area contributed by atoms with E-state index in [1.54, 1.807) is 6.92 Å². The lowest BCUT2D eigenvalue weighted by Gasteiger charge is -1.96. The van der Waals surface area contributed by atoms with Crippen molar-refractivity contribution < 1.29 is 4.79 Å². The van der Waals surface area contributed by atoms with Crippen molar-refractivity contribution in [1.82, 2.24) is 9.97 Å². The van der Waals surface area contributed by atoms with Crippen molar-refractivity contribution in [2.24, 2.45) is 5.73 Å². The van der Waals surface area contributed by atoms with Crippen LogP contribution >= 0.6 is 15.9 Å². The monoisotopic (exact) mass is 215 g/mol. The zero-order valence-electron chi connectivity index (χ0n) is 5.84. The Hall–Kier alpha value is -0.970. The number of primary amides is 1. The van der Waals surface area contributed by atoms with Crippen LogP contribution in [0.3, 0.4) is 0 Å². The number of carbonyl (C=O) groups excluding carboxylic acids is 1. The fourth-order valence-corrected chi connectivity index (χ4v) is 0.839. The molecule has 0 atom stereocenters. The molecule has 0 aromatic carbocycles. The van der Waals surface area contributed by atoms with Gasteiger partial charge in [0.05, 0.1) is 11.9 Å². The van der Waals surface area contributed by atoms with Crippen LogP contribution in [-0.2, 0) is 0 Å².